The van der Waals surface area contributed by atoms with Crippen LogP contribution in [0.1, 0.15) is 34.0 Å². The summed E-state index contributed by atoms with van der Waals surface area (Å²) < 4.78 is 5.21. The first-order chi connectivity index (χ1) is 9.76. The van der Waals surface area contributed by atoms with Crippen molar-refractivity contribution in [3.05, 3.63) is 39.9 Å². The average molecular weight is 292 g/mol. The van der Waals surface area contributed by atoms with Crippen molar-refractivity contribution < 1.29 is 9.32 Å². The molecular weight excluding hydrogens is 276 g/mol. The number of hydrogen-bond donors (Lipinski definition) is 2. The standard InChI is InChI=1S/C13H16N4O2S/c14-15-13(18)12-6-10(19-16-12)7-17(9-3-4-9)8-11-2-1-5-20-11/h1-2,5-6,9H,3-4,7-8,14H2,(H,15,18). The molecule has 1 aliphatic carbocycles. The van der Waals surface area contributed by atoms with Crippen molar-refractivity contribution in [2.24, 2.45) is 5.84 Å². The molecule has 0 bridgehead atoms. The molecule has 7 heteroatoms. The number of thiophene rings is 1. The van der Waals surface area contributed by atoms with E-state index in [1.165, 1.54) is 17.7 Å². The van der Waals surface area contributed by atoms with Gasteiger partial charge in [-0.2, -0.15) is 0 Å². The first kappa shape index (κ1) is 13.3. The molecule has 0 aromatic carbocycles. The van der Waals surface area contributed by atoms with E-state index < -0.39 is 5.91 Å². The lowest BCUT2D eigenvalue weighted by molar-refractivity contribution is 0.0944. The zero-order valence-corrected chi connectivity index (χ0v) is 11.7. The smallest absolute Gasteiger partial charge is 0.287 e. The molecule has 1 amide bonds. The number of amides is 1. The van der Waals surface area contributed by atoms with E-state index in [9.17, 15) is 4.79 Å². The second-order valence-electron chi connectivity index (χ2n) is 4.87. The molecule has 2 aromatic heterocycles. The molecular formula is C13H16N4O2S. The van der Waals surface area contributed by atoms with Crippen LogP contribution in [0.25, 0.3) is 0 Å². The van der Waals surface area contributed by atoms with Crippen LogP contribution in [0.3, 0.4) is 0 Å². The van der Waals surface area contributed by atoms with Crippen molar-refractivity contribution in [3.8, 4) is 0 Å². The molecule has 3 N–H and O–H groups in total. The predicted molar refractivity (Wildman–Crippen MR) is 74.7 cm³/mol. The van der Waals surface area contributed by atoms with E-state index in [1.807, 2.05) is 5.43 Å². The first-order valence-corrected chi connectivity index (χ1v) is 7.37. The van der Waals surface area contributed by atoms with Crippen LogP contribution >= 0.6 is 11.3 Å². The maximum absolute atomic E-state index is 11.3. The van der Waals surface area contributed by atoms with Gasteiger partial charge in [0.2, 0.25) is 0 Å². The third kappa shape index (κ3) is 3.06. The third-order valence-electron chi connectivity index (χ3n) is 3.28. The highest BCUT2D eigenvalue weighted by atomic mass is 32.1. The number of nitrogen functional groups attached to an aromatic ring is 1. The number of nitrogens with one attached hydrogen (secondary N) is 1. The number of aromatic nitrogens is 1. The number of hydrogen-bond acceptors (Lipinski definition) is 6. The highest BCUT2D eigenvalue weighted by molar-refractivity contribution is 7.09. The van der Waals surface area contributed by atoms with E-state index in [0.29, 0.717) is 18.3 Å². The quantitative estimate of drug-likeness (QED) is 0.479. The van der Waals surface area contributed by atoms with Gasteiger partial charge in [-0.3, -0.25) is 15.1 Å². The number of nitrogens with two attached hydrogens (primary N) is 1. The van der Waals surface area contributed by atoms with Crippen LogP contribution in [-0.4, -0.2) is 22.0 Å². The fourth-order valence-electron chi connectivity index (χ4n) is 2.13. The normalized spacial score (nSPS) is 14.7. The SMILES string of the molecule is NNC(=O)c1cc(CN(Cc2cccs2)C2CC2)on1. The van der Waals surface area contributed by atoms with Gasteiger partial charge < -0.3 is 4.52 Å². The summed E-state index contributed by atoms with van der Waals surface area (Å²) in [6.07, 6.45) is 2.44. The van der Waals surface area contributed by atoms with E-state index in [0.717, 1.165) is 6.54 Å². The van der Waals surface area contributed by atoms with Crippen LogP contribution in [0.15, 0.2) is 28.1 Å². The topological polar surface area (TPSA) is 84.4 Å². The van der Waals surface area contributed by atoms with Gasteiger partial charge in [-0.15, -0.1) is 11.3 Å². The van der Waals surface area contributed by atoms with E-state index in [2.05, 4.69) is 27.6 Å². The molecule has 6 nitrogen and oxygen atoms in total. The van der Waals surface area contributed by atoms with Gasteiger partial charge in [0.1, 0.15) is 0 Å². The molecule has 0 saturated heterocycles. The van der Waals surface area contributed by atoms with Crippen LogP contribution in [0.4, 0.5) is 0 Å². The fourth-order valence-corrected chi connectivity index (χ4v) is 2.85. The first-order valence-electron chi connectivity index (χ1n) is 6.49. The third-order valence-corrected chi connectivity index (χ3v) is 4.15. The molecule has 20 heavy (non-hydrogen) atoms. The second kappa shape index (κ2) is 5.74. The minimum absolute atomic E-state index is 0.217. The molecule has 0 unspecified atom stereocenters. The highest BCUT2D eigenvalue weighted by Crippen LogP contribution is 2.30. The summed E-state index contributed by atoms with van der Waals surface area (Å²) in [6, 6.07) is 6.44. The van der Waals surface area contributed by atoms with E-state index in [4.69, 9.17) is 10.4 Å². The highest BCUT2D eigenvalue weighted by Gasteiger charge is 2.30. The average Bonchev–Trinajstić information content (AvgIpc) is 2.99. The van der Waals surface area contributed by atoms with E-state index >= 15 is 0 Å². The maximum atomic E-state index is 11.3. The Balaban J connectivity index is 1.67. The van der Waals surface area contributed by atoms with Crippen molar-refractivity contribution in [3.63, 3.8) is 0 Å². The van der Waals surface area contributed by atoms with Crippen molar-refractivity contribution in [1.29, 1.82) is 0 Å². The van der Waals surface area contributed by atoms with Gasteiger partial charge in [0.15, 0.2) is 11.5 Å². The molecule has 0 aliphatic heterocycles. The molecule has 1 saturated carbocycles. The fraction of sp³-hybridized carbons (Fsp3) is 0.385. The Morgan fingerprint density at radius 1 is 1.55 bits per heavy atom. The van der Waals surface area contributed by atoms with Crippen LogP contribution in [-0.2, 0) is 13.1 Å². The molecule has 2 aromatic rings. The molecule has 1 aliphatic rings. The van der Waals surface area contributed by atoms with Crippen LogP contribution in [0.2, 0.25) is 0 Å². The summed E-state index contributed by atoms with van der Waals surface area (Å²) in [5, 5.41) is 5.81. The second-order valence-corrected chi connectivity index (χ2v) is 5.90. The minimum Gasteiger partial charge on any atom is -0.359 e. The van der Waals surface area contributed by atoms with Crippen molar-refractivity contribution >= 4 is 17.2 Å². The molecule has 106 valence electrons. The zero-order valence-electron chi connectivity index (χ0n) is 10.9. The Hall–Kier alpha value is -1.70. The van der Waals surface area contributed by atoms with Crippen LogP contribution in [0, 0.1) is 0 Å². The molecule has 2 heterocycles. The number of carbonyl (C=O) groups excluding carboxylic acids is 1. The van der Waals surface area contributed by atoms with Crippen molar-refractivity contribution in [2.45, 2.75) is 32.0 Å². The summed E-state index contributed by atoms with van der Waals surface area (Å²) in [4.78, 5) is 15.0. The summed E-state index contributed by atoms with van der Waals surface area (Å²) >= 11 is 1.75. The minimum atomic E-state index is -0.434. The Labute approximate surface area is 120 Å². The number of hydrazine groups is 1. The summed E-state index contributed by atoms with van der Waals surface area (Å²) in [6.45, 7) is 1.56. The summed E-state index contributed by atoms with van der Waals surface area (Å²) in [5.41, 5.74) is 2.26. The number of carbonyl (C=O) groups is 1. The van der Waals surface area contributed by atoms with Gasteiger partial charge in [0.05, 0.1) is 6.54 Å². The summed E-state index contributed by atoms with van der Waals surface area (Å²) in [7, 11) is 0. The molecule has 0 atom stereocenters. The lowest BCUT2D eigenvalue weighted by Gasteiger charge is -2.19. The van der Waals surface area contributed by atoms with Crippen molar-refractivity contribution in [1.82, 2.24) is 15.5 Å². The predicted octanol–water partition coefficient (Wildman–Crippen LogP) is 1.50. The maximum Gasteiger partial charge on any atom is 0.287 e. The van der Waals surface area contributed by atoms with Gasteiger partial charge >= 0.3 is 0 Å². The van der Waals surface area contributed by atoms with Gasteiger partial charge in [-0.25, -0.2) is 5.84 Å². The summed E-state index contributed by atoms with van der Waals surface area (Å²) in [5.74, 6) is 5.33. The van der Waals surface area contributed by atoms with Gasteiger partial charge in [0.25, 0.3) is 5.91 Å². The van der Waals surface area contributed by atoms with E-state index in [-0.39, 0.29) is 5.69 Å². The molecule has 1 fully saturated rings. The Morgan fingerprint density at radius 2 is 2.40 bits per heavy atom. The van der Waals surface area contributed by atoms with Crippen molar-refractivity contribution in [2.75, 3.05) is 0 Å². The van der Waals surface area contributed by atoms with Gasteiger partial charge in [0, 0.05) is 23.5 Å². The largest absolute Gasteiger partial charge is 0.359 e. The Bertz CT molecular complexity index is 577. The van der Waals surface area contributed by atoms with Crippen LogP contribution in [0.5, 0.6) is 0 Å². The van der Waals surface area contributed by atoms with Gasteiger partial charge in [-0.1, -0.05) is 11.2 Å². The molecule has 3 rings (SSSR count). The van der Waals surface area contributed by atoms with Crippen LogP contribution < -0.4 is 11.3 Å². The molecule has 0 spiro atoms. The Kier molecular flexibility index (Phi) is 3.81. The lowest BCUT2D eigenvalue weighted by atomic mass is 10.3. The zero-order chi connectivity index (χ0) is 13.9. The van der Waals surface area contributed by atoms with E-state index in [1.54, 1.807) is 17.4 Å². The van der Waals surface area contributed by atoms with Gasteiger partial charge in [-0.05, 0) is 24.3 Å². The lowest BCUT2D eigenvalue weighted by Crippen LogP contribution is -2.30. The Morgan fingerprint density at radius 3 is 3.05 bits per heavy atom. The monoisotopic (exact) mass is 292 g/mol. The molecule has 0 radical (unpaired) electrons. The number of nitrogens with zero attached hydrogens (tertiary/aromatic N) is 2. The number of rotatable bonds is 6.